The first-order valence-electron chi connectivity index (χ1n) is 7.17. The van der Waals surface area contributed by atoms with Gasteiger partial charge in [0.2, 0.25) is 0 Å². The predicted octanol–water partition coefficient (Wildman–Crippen LogP) is 4.10. The number of carbonyl (C=O) groups is 1. The van der Waals surface area contributed by atoms with Gasteiger partial charge < -0.3 is 4.74 Å². The summed E-state index contributed by atoms with van der Waals surface area (Å²) >= 11 is 1.45. The first-order chi connectivity index (χ1) is 10.6. The van der Waals surface area contributed by atoms with Gasteiger partial charge in [0.05, 0.1) is 18.0 Å². The second kappa shape index (κ2) is 7.87. The van der Waals surface area contributed by atoms with Gasteiger partial charge in [-0.2, -0.15) is 0 Å². The van der Waals surface area contributed by atoms with Crippen LogP contribution in [0, 0.1) is 6.92 Å². The Kier molecular flexibility index (Phi) is 5.86. The van der Waals surface area contributed by atoms with Crippen LogP contribution in [0.1, 0.15) is 19.0 Å². The van der Waals surface area contributed by atoms with Crippen molar-refractivity contribution in [3.8, 4) is 0 Å². The summed E-state index contributed by atoms with van der Waals surface area (Å²) < 4.78 is 5.59. The fourth-order valence-electron chi connectivity index (χ4n) is 1.93. The molecule has 0 aliphatic rings. The highest BCUT2D eigenvalue weighted by molar-refractivity contribution is 7.14. The van der Waals surface area contributed by atoms with Crippen molar-refractivity contribution in [1.29, 1.82) is 0 Å². The highest BCUT2D eigenvalue weighted by atomic mass is 32.1. The number of thiazole rings is 1. The topological polar surface area (TPSA) is 42.4 Å². The first-order valence-corrected chi connectivity index (χ1v) is 8.05. The summed E-state index contributed by atoms with van der Waals surface area (Å²) in [5.74, 6) is -0.121. The van der Waals surface area contributed by atoms with Gasteiger partial charge in [0.1, 0.15) is 6.10 Å². The van der Waals surface area contributed by atoms with Crippen LogP contribution in [-0.2, 0) is 9.53 Å². The van der Waals surface area contributed by atoms with Crippen LogP contribution in [0.3, 0.4) is 0 Å². The maximum absolute atomic E-state index is 12.8. The van der Waals surface area contributed by atoms with Crippen LogP contribution in [-0.4, -0.2) is 23.6 Å². The van der Waals surface area contributed by atoms with Crippen molar-refractivity contribution >= 4 is 28.1 Å². The number of hydrogen-bond acceptors (Lipinski definition) is 4. The number of aromatic nitrogens is 1. The molecular weight excluding hydrogens is 296 g/mol. The Morgan fingerprint density at radius 1 is 1.45 bits per heavy atom. The lowest BCUT2D eigenvalue weighted by atomic mass is 10.2. The van der Waals surface area contributed by atoms with Crippen LogP contribution >= 0.6 is 11.3 Å². The Balaban J connectivity index is 2.24. The number of hydrogen-bond donors (Lipinski definition) is 0. The Morgan fingerprint density at radius 3 is 2.77 bits per heavy atom. The minimum atomic E-state index is -0.538. The molecule has 0 radical (unpaired) electrons. The second-order valence-electron chi connectivity index (χ2n) is 4.87. The van der Waals surface area contributed by atoms with Gasteiger partial charge in [0, 0.05) is 5.38 Å². The van der Waals surface area contributed by atoms with E-state index in [4.69, 9.17) is 4.74 Å². The molecule has 0 saturated carbocycles. The van der Waals surface area contributed by atoms with Gasteiger partial charge in [0.15, 0.2) is 5.13 Å². The van der Waals surface area contributed by atoms with Gasteiger partial charge in [0.25, 0.3) is 5.91 Å². The average molecular weight is 316 g/mol. The molecule has 1 amide bonds. The first kappa shape index (κ1) is 16.4. The minimum absolute atomic E-state index is 0.121. The van der Waals surface area contributed by atoms with Gasteiger partial charge in [-0.1, -0.05) is 24.3 Å². The molecule has 22 heavy (non-hydrogen) atoms. The number of rotatable bonds is 7. The van der Waals surface area contributed by atoms with E-state index in [1.165, 1.54) is 11.3 Å². The zero-order chi connectivity index (χ0) is 15.9. The quantitative estimate of drug-likeness (QED) is 0.570. The molecule has 2 aromatic rings. The molecule has 1 heterocycles. The smallest absolute Gasteiger partial charge is 0.262 e. The maximum atomic E-state index is 12.8. The summed E-state index contributed by atoms with van der Waals surface area (Å²) in [6.45, 7) is 7.81. The van der Waals surface area contributed by atoms with Crippen molar-refractivity contribution in [2.75, 3.05) is 11.5 Å². The molecule has 0 N–H and O–H groups in total. The lowest BCUT2D eigenvalue weighted by molar-refractivity contribution is -0.128. The van der Waals surface area contributed by atoms with E-state index in [2.05, 4.69) is 11.6 Å². The maximum Gasteiger partial charge on any atom is 0.262 e. The number of para-hydroxylation sites is 1. The average Bonchev–Trinajstić information content (AvgIpc) is 2.95. The van der Waals surface area contributed by atoms with Crippen molar-refractivity contribution in [3.63, 3.8) is 0 Å². The third-order valence-electron chi connectivity index (χ3n) is 3.07. The zero-order valence-electron chi connectivity index (χ0n) is 12.9. The van der Waals surface area contributed by atoms with Gasteiger partial charge in [-0.05, 0) is 32.4 Å². The lowest BCUT2D eigenvalue weighted by Gasteiger charge is -2.23. The van der Waals surface area contributed by atoms with Crippen molar-refractivity contribution in [3.05, 3.63) is 54.1 Å². The number of nitrogens with zero attached hydrogens (tertiary/aromatic N) is 2. The molecule has 1 aromatic carbocycles. The van der Waals surface area contributed by atoms with Crippen LogP contribution in [0.5, 0.6) is 0 Å². The molecule has 0 spiro atoms. The summed E-state index contributed by atoms with van der Waals surface area (Å²) in [5.41, 5.74) is 1.69. The summed E-state index contributed by atoms with van der Waals surface area (Å²) in [7, 11) is 0. The van der Waals surface area contributed by atoms with E-state index in [-0.39, 0.29) is 5.91 Å². The van der Waals surface area contributed by atoms with Gasteiger partial charge in [-0.15, -0.1) is 17.9 Å². The molecule has 1 atom stereocenters. The van der Waals surface area contributed by atoms with Crippen LogP contribution in [0.2, 0.25) is 0 Å². The molecule has 2 rings (SSSR count). The number of anilines is 2. The number of ether oxygens (including phenoxy) is 1. The van der Waals surface area contributed by atoms with Gasteiger partial charge >= 0.3 is 0 Å². The van der Waals surface area contributed by atoms with Gasteiger partial charge in [-0.3, -0.25) is 9.69 Å². The second-order valence-corrected chi connectivity index (χ2v) is 5.71. The number of carbonyl (C=O) groups excluding carboxylic acids is 1. The third-order valence-corrected chi connectivity index (χ3v) is 4.01. The van der Waals surface area contributed by atoms with E-state index in [0.717, 1.165) is 17.8 Å². The standard InChI is InChI=1S/C17H20N2O2S/c1-4-5-11-21-14(3)16(20)19(15-9-7-6-8-10-15)17-18-13(2)12-22-17/h4,6-10,12,14H,1,5,11H2,2-3H3. The van der Waals surface area contributed by atoms with E-state index in [9.17, 15) is 4.79 Å². The van der Waals surface area contributed by atoms with Crippen LogP contribution in [0.25, 0.3) is 0 Å². The van der Waals surface area contributed by atoms with Crippen LogP contribution in [0.4, 0.5) is 10.8 Å². The molecule has 1 aromatic heterocycles. The zero-order valence-corrected chi connectivity index (χ0v) is 13.7. The van der Waals surface area contributed by atoms with Crippen molar-refractivity contribution in [2.45, 2.75) is 26.4 Å². The SMILES string of the molecule is C=CCCOC(C)C(=O)N(c1ccccc1)c1nc(C)cs1. The third kappa shape index (κ3) is 4.02. The Hall–Kier alpha value is -1.98. The highest BCUT2D eigenvalue weighted by Gasteiger charge is 2.26. The molecular formula is C17H20N2O2S. The van der Waals surface area contributed by atoms with Crippen molar-refractivity contribution in [2.24, 2.45) is 0 Å². The van der Waals surface area contributed by atoms with Crippen molar-refractivity contribution in [1.82, 2.24) is 4.98 Å². The van der Waals surface area contributed by atoms with E-state index in [0.29, 0.717) is 11.7 Å². The summed E-state index contributed by atoms with van der Waals surface area (Å²) in [4.78, 5) is 18.8. The minimum Gasteiger partial charge on any atom is -0.368 e. The van der Waals surface area contributed by atoms with Crippen molar-refractivity contribution < 1.29 is 9.53 Å². The molecule has 0 aliphatic carbocycles. The molecule has 116 valence electrons. The molecule has 0 fully saturated rings. The molecule has 0 saturated heterocycles. The van der Waals surface area contributed by atoms with E-state index in [1.807, 2.05) is 42.6 Å². The summed E-state index contributed by atoms with van der Waals surface area (Å²) in [6, 6.07) is 9.51. The number of benzene rings is 1. The Labute approximate surface area is 135 Å². The monoisotopic (exact) mass is 316 g/mol. The Bertz CT molecular complexity index is 625. The lowest BCUT2D eigenvalue weighted by Crippen LogP contribution is -2.36. The summed E-state index contributed by atoms with van der Waals surface area (Å²) in [5, 5.41) is 2.59. The fraction of sp³-hybridized carbons (Fsp3) is 0.294. The van der Waals surface area contributed by atoms with Crippen LogP contribution in [0.15, 0.2) is 48.4 Å². The molecule has 4 nitrogen and oxygen atoms in total. The highest BCUT2D eigenvalue weighted by Crippen LogP contribution is 2.29. The molecule has 1 unspecified atom stereocenters. The number of aryl methyl sites for hydroxylation is 1. The normalized spacial score (nSPS) is 11.9. The van der Waals surface area contributed by atoms with E-state index >= 15 is 0 Å². The van der Waals surface area contributed by atoms with E-state index < -0.39 is 6.10 Å². The largest absolute Gasteiger partial charge is 0.368 e. The number of amides is 1. The Morgan fingerprint density at radius 2 is 2.18 bits per heavy atom. The fourth-order valence-corrected chi connectivity index (χ4v) is 2.76. The molecule has 0 bridgehead atoms. The van der Waals surface area contributed by atoms with Crippen LogP contribution < -0.4 is 4.90 Å². The summed E-state index contributed by atoms with van der Waals surface area (Å²) in [6.07, 6.45) is 1.96. The predicted molar refractivity (Wildman–Crippen MR) is 90.7 cm³/mol. The van der Waals surface area contributed by atoms with Gasteiger partial charge in [-0.25, -0.2) is 4.98 Å². The molecule has 5 heteroatoms. The van der Waals surface area contributed by atoms with E-state index in [1.54, 1.807) is 17.9 Å². The molecule has 0 aliphatic heterocycles.